The highest BCUT2D eigenvalue weighted by Gasteiger charge is 2.11. The minimum Gasteiger partial charge on any atom is -0.352 e. The molecule has 0 bridgehead atoms. The van der Waals surface area contributed by atoms with Crippen molar-refractivity contribution in [3.8, 4) is 0 Å². The second-order valence-electron chi connectivity index (χ2n) is 7.76. The number of nitrogens with zero attached hydrogens (tertiary/aromatic N) is 4. The normalized spacial score (nSPS) is 10.7. The smallest absolute Gasteiger partial charge is 0.265 e. The number of carbonyl (C=O) groups is 1. The van der Waals surface area contributed by atoms with Gasteiger partial charge in [-0.3, -0.25) is 14.0 Å². The number of nitrogens with one attached hydrogen (secondary N) is 1. The van der Waals surface area contributed by atoms with E-state index in [1.54, 1.807) is 30.9 Å². The Hall–Kier alpha value is -2.90. The standard InChI is InChI=1S/C23H25N5O2.2ClH/c1-16(2)17-5-7-20-19(13-17)23(30)28-14-18(6-8-21(28)26-20)22(29)25-9-3-4-11-27-12-10-24-15-27;;/h5-8,10,12-16H,3-4,9,11H2,1-2H3,(H,25,29);2*1H. The molecule has 1 amide bonds. The van der Waals surface area contributed by atoms with Crippen molar-refractivity contribution in [1.29, 1.82) is 0 Å². The third kappa shape index (κ3) is 5.47. The van der Waals surface area contributed by atoms with Gasteiger partial charge in [0.05, 0.1) is 22.8 Å². The first kappa shape index (κ1) is 25.4. The van der Waals surface area contributed by atoms with E-state index in [-0.39, 0.29) is 36.3 Å². The highest BCUT2D eigenvalue weighted by molar-refractivity contribution is 5.94. The molecule has 1 aromatic carbocycles. The van der Waals surface area contributed by atoms with E-state index in [2.05, 4.69) is 29.1 Å². The van der Waals surface area contributed by atoms with Crippen molar-refractivity contribution in [2.75, 3.05) is 6.54 Å². The van der Waals surface area contributed by atoms with Gasteiger partial charge in [0.25, 0.3) is 11.5 Å². The van der Waals surface area contributed by atoms with Crippen LogP contribution in [0.25, 0.3) is 16.6 Å². The molecule has 0 fully saturated rings. The fraction of sp³-hybridized carbons (Fsp3) is 0.304. The molecule has 170 valence electrons. The van der Waals surface area contributed by atoms with Crippen LogP contribution in [0.1, 0.15) is 48.5 Å². The van der Waals surface area contributed by atoms with E-state index in [1.807, 2.05) is 29.0 Å². The van der Waals surface area contributed by atoms with Gasteiger partial charge >= 0.3 is 0 Å². The Bertz CT molecular complexity index is 1250. The molecule has 0 aliphatic carbocycles. The lowest BCUT2D eigenvalue weighted by Gasteiger charge is -2.09. The Morgan fingerprint density at radius 1 is 1.12 bits per heavy atom. The van der Waals surface area contributed by atoms with Gasteiger partial charge in [-0.15, -0.1) is 24.8 Å². The number of aryl methyl sites for hydroxylation is 1. The van der Waals surface area contributed by atoms with Crippen molar-refractivity contribution in [2.45, 2.75) is 39.2 Å². The van der Waals surface area contributed by atoms with E-state index in [1.165, 1.54) is 4.40 Å². The van der Waals surface area contributed by atoms with E-state index in [9.17, 15) is 9.59 Å². The quantitative estimate of drug-likeness (QED) is 0.320. The molecule has 3 aromatic heterocycles. The maximum Gasteiger partial charge on any atom is 0.265 e. The van der Waals surface area contributed by atoms with Crippen molar-refractivity contribution in [3.63, 3.8) is 0 Å². The molecule has 0 spiro atoms. The predicted octanol–water partition coefficient (Wildman–Crippen LogP) is 4.22. The Morgan fingerprint density at radius 3 is 2.66 bits per heavy atom. The minimum absolute atomic E-state index is 0. The molecule has 0 aliphatic heterocycles. The van der Waals surface area contributed by atoms with Crippen LogP contribution < -0.4 is 10.9 Å². The Kier molecular flexibility index (Phi) is 8.80. The number of unbranched alkanes of at least 4 members (excludes halogenated alkanes) is 1. The zero-order valence-corrected chi connectivity index (χ0v) is 19.7. The number of amides is 1. The summed E-state index contributed by atoms with van der Waals surface area (Å²) in [5.74, 6) is 0.128. The van der Waals surface area contributed by atoms with Crippen LogP contribution in [0.5, 0.6) is 0 Å². The van der Waals surface area contributed by atoms with Crippen LogP contribution in [0.3, 0.4) is 0 Å². The number of aromatic nitrogens is 4. The van der Waals surface area contributed by atoms with Crippen molar-refractivity contribution < 1.29 is 4.79 Å². The van der Waals surface area contributed by atoms with Crippen LogP contribution in [0.2, 0.25) is 0 Å². The zero-order valence-electron chi connectivity index (χ0n) is 18.0. The van der Waals surface area contributed by atoms with E-state index in [0.29, 0.717) is 34.6 Å². The van der Waals surface area contributed by atoms with Gasteiger partial charge in [0, 0.05) is 31.7 Å². The Balaban J connectivity index is 0.00000181. The summed E-state index contributed by atoms with van der Waals surface area (Å²) in [6, 6.07) is 9.21. The summed E-state index contributed by atoms with van der Waals surface area (Å²) in [5.41, 5.74) is 2.57. The fourth-order valence-corrected chi connectivity index (χ4v) is 3.46. The lowest BCUT2D eigenvalue weighted by Crippen LogP contribution is -2.26. The van der Waals surface area contributed by atoms with Crippen molar-refractivity contribution in [2.24, 2.45) is 0 Å². The van der Waals surface area contributed by atoms with Crippen molar-refractivity contribution in [1.82, 2.24) is 24.3 Å². The summed E-state index contributed by atoms with van der Waals surface area (Å²) in [4.78, 5) is 34.2. The third-order valence-electron chi connectivity index (χ3n) is 5.25. The van der Waals surface area contributed by atoms with Gasteiger partial charge in [0.15, 0.2) is 0 Å². The molecule has 4 rings (SSSR count). The molecule has 3 heterocycles. The number of halogens is 2. The molecule has 1 N–H and O–H groups in total. The SMILES string of the molecule is CC(C)c1ccc2nc3ccc(C(=O)NCCCCn4ccnc4)cn3c(=O)c2c1.Cl.Cl. The van der Waals surface area contributed by atoms with Gasteiger partial charge in [-0.05, 0) is 48.6 Å². The lowest BCUT2D eigenvalue weighted by atomic mass is 10.0. The number of hydrogen-bond donors (Lipinski definition) is 1. The lowest BCUT2D eigenvalue weighted by molar-refractivity contribution is 0.0952. The number of imidazole rings is 1. The van der Waals surface area contributed by atoms with Gasteiger partial charge in [0.2, 0.25) is 0 Å². The van der Waals surface area contributed by atoms with E-state index in [0.717, 1.165) is 24.9 Å². The number of hydrogen-bond acceptors (Lipinski definition) is 4. The maximum absolute atomic E-state index is 13.0. The summed E-state index contributed by atoms with van der Waals surface area (Å²) in [7, 11) is 0. The molecule has 0 aliphatic rings. The average molecular weight is 476 g/mol. The van der Waals surface area contributed by atoms with Crippen molar-refractivity contribution >= 4 is 47.3 Å². The van der Waals surface area contributed by atoms with Gasteiger partial charge < -0.3 is 9.88 Å². The highest BCUT2D eigenvalue weighted by Crippen LogP contribution is 2.19. The van der Waals surface area contributed by atoms with Gasteiger partial charge in [-0.1, -0.05) is 19.9 Å². The molecule has 7 nitrogen and oxygen atoms in total. The molecular weight excluding hydrogens is 449 g/mol. The van der Waals surface area contributed by atoms with Crippen LogP contribution in [0.4, 0.5) is 0 Å². The Morgan fingerprint density at radius 2 is 1.94 bits per heavy atom. The van der Waals surface area contributed by atoms with Crippen LogP contribution in [0, 0.1) is 0 Å². The van der Waals surface area contributed by atoms with Crippen LogP contribution in [-0.4, -0.2) is 31.4 Å². The first-order valence-corrected chi connectivity index (χ1v) is 10.2. The molecule has 9 heteroatoms. The van der Waals surface area contributed by atoms with E-state index < -0.39 is 0 Å². The van der Waals surface area contributed by atoms with E-state index >= 15 is 0 Å². The highest BCUT2D eigenvalue weighted by atomic mass is 35.5. The fourth-order valence-electron chi connectivity index (χ4n) is 3.46. The Labute approximate surface area is 198 Å². The van der Waals surface area contributed by atoms with Crippen LogP contribution >= 0.6 is 24.8 Å². The average Bonchev–Trinajstić information content (AvgIpc) is 3.26. The second kappa shape index (κ2) is 11.1. The summed E-state index contributed by atoms with van der Waals surface area (Å²) < 4.78 is 3.47. The monoisotopic (exact) mass is 475 g/mol. The molecule has 4 aromatic rings. The number of carbonyl (C=O) groups excluding carboxylic acids is 1. The number of pyridine rings is 1. The maximum atomic E-state index is 13.0. The molecule has 0 unspecified atom stereocenters. The third-order valence-corrected chi connectivity index (χ3v) is 5.25. The van der Waals surface area contributed by atoms with Gasteiger partial charge in [-0.25, -0.2) is 9.97 Å². The number of benzene rings is 1. The molecule has 32 heavy (non-hydrogen) atoms. The summed E-state index contributed by atoms with van der Waals surface area (Å²) in [6.45, 7) is 5.63. The number of rotatable bonds is 7. The molecule has 0 saturated heterocycles. The molecular formula is C23H27Cl2N5O2. The largest absolute Gasteiger partial charge is 0.352 e. The molecule has 0 radical (unpaired) electrons. The summed E-state index contributed by atoms with van der Waals surface area (Å²) in [5, 5.41) is 3.49. The van der Waals surface area contributed by atoms with E-state index in [4.69, 9.17) is 0 Å². The second-order valence-corrected chi connectivity index (χ2v) is 7.76. The molecule has 0 atom stereocenters. The molecule has 0 saturated carbocycles. The minimum atomic E-state index is -0.192. The first-order chi connectivity index (χ1) is 14.5. The summed E-state index contributed by atoms with van der Waals surface area (Å²) >= 11 is 0. The van der Waals surface area contributed by atoms with Gasteiger partial charge in [-0.2, -0.15) is 0 Å². The first-order valence-electron chi connectivity index (χ1n) is 10.2. The van der Waals surface area contributed by atoms with Gasteiger partial charge in [0.1, 0.15) is 5.65 Å². The predicted molar refractivity (Wildman–Crippen MR) is 131 cm³/mol. The number of fused-ring (bicyclic) bond motifs is 2. The summed E-state index contributed by atoms with van der Waals surface area (Å²) in [6.07, 6.45) is 8.85. The van der Waals surface area contributed by atoms with Crippen LogP contribution in [0.15, 0.2) is 60.0 Å². The topological polar surface area (TPSA) is 81.3 Å². The van der Waals surface area contributed by atoms with Crippen LogP contribution in [-0.2, 0) is 6.54 Å². The van der Waals surface area contributed by atoms with Crippen molar-refractivity contribution in [3.05, 3.63) is 76.7 Å². The zero-order chi connectivity index (χ0) is 21.1.